The largest absolute Gasteiger partial charge is 0.445 e. The van der Waals surface area contributed by atoms with Crippen LogP contribution in [0.1, 0.15) is 18.4 Å². The molecule has 0 aliphatic carbocycles. The highest BCUT2D eigenvalue weighted by Crippen LogP contribution is 2.26. The number of amides is 2. The number of carbonyl (C=O) groups is 2. The summed E-state index contributed by atoms with van der Waals surface area (Å²) in [5, 5.41) is 2.97. The fraction of sp³-hybridized carbons (Fsp3) is 0.192. The van der Waals surface area contributed by atoms with Gasteiger partial charge in [-0.25, -0.2) is 9.78 Å². The van der Waals surface area contributed by atoms with E-state index in [-0.39, 0.29) is 12.5 Å². The van der Waals surface area contributed by atoms with E-state index < -0.39 is 12.1 Å². The molecule has 1 aliphatic heterocycles. The van der Waals surface area contributed by atoms with Crippen molar-refractivity contribution in [1.82, 2.24) is 14.9 Å². The number of nitrogens with one attached hydrogen (secondary N) is 2. The van der Waals surface area contributed by atoms with Crippen LogP contribution >= 0.6 is 0 Å². The van der Waals surface area contributed by atoms with Gasteiger partial charge in [0.15, 0.2) is 0 Å². The maximum Gasteiger partial charge on any atom is 0.410 e. The van der Waals surface area contributed by atoms with Gasteiger partial charge in [-0.15, -0.1) is 0 Å². The highest BCUT2D eigenvalue weighted by Gasteiger charge is 2.35. The lowest BCUT2D eigenvalue weighted by atomic mass is 10.0. The van der Waals surface area contributed by atoms with Crippen LogP contribution in [0.15, 0.2) is 79.1 Å². The summed E-state index contributed by atoms with van der Waals surface area (Å²) in [7, 11) is 0. The summed E-state index contributed by atoms with van der Waals surface area (Å²) >= 11 is 0. The Morgan fingerprint density at radius 2 is 1.88 bits per heavy atom. The summed E-state index contributed by atoms with van der Waals surface area (Å²) in [6.45, 7) is 0.697. The van der Waals surface area contributed by atoms with Gasteiger partial charge in [-0.3, -0.25) is 9.69 Å². The Labute approximate surface area is 191 Å². The zero-order valence-corrected chi connectivity index (χ0v) is 18.0. The molecular weight excluding hydrogens is 416 g/mol. The second-order valence-corrected chi connectivity index (χ2v) is 8.10. The Balaban J connectivity index is 1.25. The van der Waals surface area contributed by atoms with E-state index >= 15 is 0 Å². The molecular formula is C26H24N4O3. The Bertz CT molecular complexity index is 1280. The summed E-state index contributed by atoms with van der Waals surface area (Å²) in [6.07, 6.45) is 2.59. The van der Waals surface area contributed by atoms with Crippen molar-refractivity contribution in [3.05, 3.63) is 84.7 Å². The smallest absolute Gasteiger partial charge is 0.410 e. The Morgan fingerprint density at radius 3 is 2.76 bits per heavy atom. The number of nitrogens with zero attached hydrogens (tertiary/aromatic N) is 2. The number of benzene rings is 3. The van der Waals surface area contributed by atoms with Crippen molar-refractivity contribution in [3.63, 3.8) is 0 Å². The maximum atomic E-state index is 13.0. The number of H-pyrrole nitrogens is 1. The van der Waals surface area contributed by atoms with Crippen LogP contribution in [-0.4, -0.2) is 39.5 Å². The second-order valence-electron chi connectivity index (χ2n) is 8.10. The lowest BCUT2D eigenvalue weighted by molar-refractivity contribution is -0.120. The topological polar surface area (TPSA) is 87.3 Å². The summed E-state index contributed by atoms with van der Waals surface area (Å²) in [6, 6.07) is 22.7. The van der Waals surface area contributed by atoms with Crippen LogP contribution in [0.4, 0.5) is 10.5 Å². The van der Waals surface area contributed by atoms with Crippen molar-refractivity contribution < 1.29 is 14.3 Å². The molecule has 3 aromatic carbocycles. The van der Waals surface area contributed by atoms with Gasteiger partial charge >= 0.3 is 6.09 Å². The van der Waals surface area contributed by atoms with Gasteiger partial charge in [0.25, 0.3) is 0 Å². The molecule has 2 heterocycles. The molecule has 1 unspecified atom stereocenters. The van der Waals surface area contributed by atoms with Gasteiger partial charge in [0.2, 0.25) is 5.91 Å². The van der Waals surface area contributed by atoms with Crippen LogP contribution in [0.3, 0.4) is 0 Å². The standard InChI is InChI=1S/C26H24N4O3/c31-25(24-10-5-13-30(24)26(32)33-16-18-6-2-1-3-7-18)29-21-9-4-8-19(14-21)20-11-12-22-23(15-20)28-17-27-22/h1-4,6-9,11-12,14-15,17,24H,5,10,13,16H2,(H,27,28)(H,29,31). The first-order chi connectivity index (χ1) is 16.2. The molecule has 2 N–H and O–H groups in total. The van der Waals surface area contributed by atoms with Crippen LogP contribution in [0.25, 0.3) is 22.2 Å². The first-order valence-corrected chi connectivity index (χ1v) is 11.0. The predicted molar refractivity (Wildman–Crippen MR) is 127 cm³/mol. The molecule has 1 fully saturated rings. The van der Waals surface area contributed by atoms with E-state index in [1.807, 2.05) is 72.8 Å². The number of rotatable bonds is 5. The molecule has 1 saturated heterocycles. The quantitative estimate of drug-likeness (QED) is 0.459. The van der Waals surface area contributed by atoms with Gasteiger partial charge in [-0.1, -0.05) is 48.5 Å². The maximum absolute atomic E-state index is 13.0. The second kappa shape index (κ2) is 9.16. The fourth-order valence-electron chi connectivity index (χ4n) is 4.17. The lowest BCUT2D eigenvalue weighted by Gasteiger charge is -2.23. The molecule has 1 atom stereocenters. The van der Waals surface area contributed by atoms with Gasteiger partial charge in [0, 0.05) is 12.2 Å². The first-order valence-electron chi connectivity index (χ1n) is 11.0. The summed E-state index contributed by atoms with van der Waals surface area (Å²) in [5.41, 5.74) is 5.45. The van der Waals surface area contributed by atoms with Crippen LogP contribution < -0.4 is 5.32 Å². The van der Waals surface area contributed by atoms with E-state index in [1.165, 1.54) is 4.90 Å². The molecule has 5 rings (SSSR count). The number of ether oxygens (including phenoxy) is 1. The van der Waals surface area contributed by atoms with E-state index in [0.29, 0.717) is 18.7 Å². The Kier molecular flexibility index (Phi) is 5.76. The Hall–Kier alpha value is -4.13. The first kappa shape index (κ1) is 20.8. The third kappa shape index (κ3) is 4.57. The fourth-order valence-corrected chi connectivity index (χ4v) is 4.17. The van der Waals surface area contributed by atoms with E-state index in [2.05, 4.69) is 15.3 Å². The number of likely N-dealkylation sites (tertiary alicyclic amines) is 1. The molecule has 7 heteroatoms. The third-order valence-electron chi connectivity index (χ3n) is 5.88. The van der Waals surface area contributed by atoms with Crippen molar-refractivity contribution in [1.29, 1.82) is 0 Å². The molecule has 1 aliphatic rings. The normalized spacial score (nSPS) is 15.5. The number of hydrogen-bond donors (Lipinski definition) is 2. The van der Waals surface area contributed by atoms with Gasteiger partial charge in [0.1, 0.15) is 12.6 Å². The number of anilines is 1. The van der Waals surface area contributed by atoms with Crippen molar-refractivity contribution in [3.8, 4) is 11.1 Å². The minimum atomic E-state index is -0.544. The molecule has 0 bridgehead atoms. The molecule has 33 heavy (non-hydrogen) atoms. The molecule has 0 saturated carbocycles. The average molecular weight is 441 g/mol. The molecule has 166 valence electrons. The van der Waals surface area contributed by atoms with Crippen LogP contribution in [-0.2, 0) is 16.1 Å². The SMILES string of the molecule is O=C(Nc1cccc(-c2ccc3[nH]cnc3c2)c1)C1CCCN1C(=O)OCc1ccccc1. The van der Waals surface area contributed by atoms with Crippen LogP contribution in [0, 0.1) is 0 Å². The third-order valence-corrected chi connectivity index (χ3v) is 5.88. The predicted octanol–water partition coefficient (Wildman–Crippen LogP) is 4.97. The monoisotopic (exact) mass is 440 g/mol. The molecule has 1 aromatic heterocycles. The van der Waals surface area contributed by atoms with E-state index in [1.54, 1.807) is 6.33 Å². The van der Waals surface area contributed by atoms with E-state index in [0.717, 1.165) is 34.1 Å². The van der Waals surface area contributed by atoms with Crippen LogP contribution in [0.2, 0.25) is 0 Å². The molecule has 0 spiro atoms. The highest BCUT2D eigenvalue weighted by molar-refractivity contribution is 5.97. The number of hydrogen-bond acceptors (Lipinski definition) is 4. The van der Waals surface area contributed by atoms with Crippen LogP contribution in [0.5, 0.6) is 0 Å². The molecule has 7 nitrogen and oxygen atoms in total. The number of fused-ring (bicyclic) bond motifs is 1. The average Bonchev–Trinajstić information content (AvgIpc) is 3.53. The van der Waals surface area contributed by atoms with Gasteiger partial charge in [-0.2, -0.15) is 0 Å². The van der Waals surface area contributed by atoms with Gasteiger partial charge in [0.05, 0.1) is 17.4 Å². The summed E-state index contributed by atoms with van der Waals surface area (Å²) in [4.78, 5) is 34.6. The number of carbonyl (C=O) groups excluding carboxylic acids is 2. The van der Waals surface area contributed by atoms with Gasteiger partial charge in [-0.05, 0) is 53.8 Å². The molecule has 4 aromatic rings. The van der Waals surface area contributed by atoms with E-state index in [9.17, 15) is 9.59 Å². The minimum absolute atomic E-state index is 0.187. The van der Waals surface area contributed by atoms with Crippen molar-refractivity contribution in [2.24, 2.45) is 0 Å². The highest BCUT2D eigenvalue weighted by atomic mass is 16.6. The molecule has 2 amide bonds. The number of imidazole rings is 1. The zero-order chi connectivity index (χ0) is 22.6. The number of aromatic nitrogens is 2. The van der Waals surface area contributed by atoms with Crippen molar-refractivity contribution in [2.45, 2.75) is 25.5 Å². The molecule has 0 radical (unpaired) electrons. The minimum Gasteiger partial charge on any atom is -0.445 e. The van der Waals surface area contributed by atoms with Gasteiger partial charge < -0.3 is 15.0 Å². The lowest BCUT2D eigenvalue weighted by Crippen LogP contribution is -2.43. The summed E-state index contributed by atoms with van der Waals surface area (Å²) < 4.78 is 5.45. The van der Waals surface area contributed by atoms with Crippen molar-refractivity contribution >= 4 is 28.7 Å². The summed E-state index contributed by atoms with van der Waals surface area (Å²) in [5.74, 6) is -0.205. The zero-order valence-electron chi connectivity index (χ0n) is 18.0. The number of aromatic amines is 1. The Morgan fingerprint density at radius 1 is 1.03 bits per heavy atom. The van der Waals surface area contributed by atoms with E-state index in [4.69, 9.17) is 4.74 Å². The van der Waals surface area contributed by atoms with Crippen molar-refractivity contribution in [2.75, 3.05) is 11.9 Å².